The van der Waals surface area contributed by atoms with Crippen molar-refractivity contribution in [2.45, 2.75) is 23.5 Å². The number of sulfone groups is 1. The fraction of sp³-hybridized carbons (Fsp3) is 0.286. The number of likely N-dealkylation sites (N-methyl/N-ethyl adjacent to an activating group) is 1. The van der Waals surface area contributed by atoms with Crippen LogP contribution >= 0.6 is 0 Å². The molecule has 1 unspecified atom stereocenters. The predicted molar refractivity (Wildman–Crippen MR) is 109 cm³/mol. The molecule has 1 saturated heterocycles. The van der Waals surface area contributed by atoms with Crippen LogP contribution in [0.25, 0.3) is 11.3 Å². The summed E-state index contributed by atoms with van der Waals surface area (Å²) in [5.41, 5.74) is 4.13. The molecule has 2 aromatic carbocycles. The highest BCUT2D eigenvalue weighted by atomic mass is 32.2. The number of ether oxygens (including phenoxy) is 2. The van der Waals surface area contributed by atoms with Crippen molar-refractivity contribution in [1.29, 1.82) is 0 Å². The van der Waals surface area contributed by atoms with E-state index in [1.807, 2.05) is 6.07 Å². The molecule has 0 saturated carbocycles. The molecule has 29 heavy (non-hydrogen) atoms. The van der Waals surface area contributed by atoms with E-state index >= 15 is 0 Å². The summed E-state index contributed by atoms with van der Waals surface area (Å²) >= 11 is 0. The standard InChI is InChI=1S/C21H21N3O4S/c1-24-18-8-3-15(11-14(18)9-10-21(24)13-27-21)20-19(12-22-23-20)28-16-4-6-17(7-5-16)29(2,25)26/h3-8,11-12H,9-10,13H2,1-2H3,(H,22,23). The quantitative estimate of drug-likeness (QED) is 0.662. The van der Waals surface area contributed by atoms with Gasteiger partial charge in [0.2, 0.25) is 0 Å². The van der Waals surface area contributed by atoms with Crippen LogP contribution in [0.4, 0.5) is 5.69 Å². The van der Waals surface area contributed by atoms with Gasteiger partial charge in [-0.15, -0.1) is 0 Å². The number of hydrogen-bond acceptors (Lipinski definition) is 6. The van der Waals surface area contributed by atoms with Crippen LogP contribution in [0.1, 0.15) is 12.0 Å². The van der Waals surface area contributed by atoms with Gasteiger partial charge in [-0.1, -0.05) is 6.07 Å². The molecule has 1 fully saturated rings. The van der Waals surface area contributed by atoms with Crippen LogP contribution in [0, 0.1) is 0 Å². The zero-order valence-corrected chi connectivity index (χ0v) is 17.0. The minimum Gasteiger partial charge on any atom is -0.453 e. The Labute approximate surface area is 169 Å². The number of aromatic nitrogens is 2. The lowest BCUT2D eigenvalue weighted by atomic mass is 9.94. The fourth-order valence-electron chi connectivity index (χ4n) is 3.85. The molecule has 0 aliphatic carbocycles. The first kappa shape index (κ1) is 18.2. The zero-order chi connectivity index (χ0) is 20.2. The van der Waals surface area contributed by atoms with Crippen LogP contribution in [0.3, 0.4) is 0 Å². The zero-order valence-electron chi connectivity index (χ0n) is 16.2. The summed E-state index contributed by atoms with van der Waals surface area (Å²) in [4.78, 5) is 2.48. The van der Waals surface area contributed by atoms with Crippen molar-refractivity contribution in [3.05, 3.63) is 54.2 Å². The number of epoxide rings is 1. The second kappa shape index (κ2) is 6.33. The molecule has 2 aliphatic rings. The molecule has 0 radical (unpaired) electrons. The van der Waals surface area contributed by atoms with Gasteiger partial charge >= 0.3 is 0 Å². The molecule has 1 spiro atoms. The molecule has 1 atom stereocenters. The Morgan fingerprint density at radius 3 is 2.66 bits per heavy atom. The molecule has 150 valence electrons. The van der Waals surface area contributed by atoms with Crippen LogP contribution in [0.5, 0.6) is 11.5 Å². The van der Waals surface area contributed by atoms with Crippen LogP contribution < -0.4 is 9.64 Å². The van der Waals surface area contributed by atoms with Crippen molar-refractivity contribution in [3.63, 3.8) is 0 Å². The lowest BCUT2D eigenvalue weighted by Gasteiger charge is -2.34. The second-order valence-electron chi connectivity index (χ2n) is 7.59. The predicted octanol–water partition coefficient (Wildman–Crippen LogP) is 3.38. The molecule has 1 N–H and O–H groups in total. The molecule has 5 rings (SSSR count). The van der Waals surface area contributed by atoms with E-state index in [0.717, 1.165) is 30.7 Å². The molecule has 3 aromatic rings. The van der Waals surface area contributed by atoms with Gasteiger partial charge in [-0.25, -0.2) is 8.42 Å². The first-order valence-electron chi connectivity index (χ1n) is 9.38. The maximum atomic E-state index is 11.6. The van der Waals surface area contributed by atoms with E-state index in [2.05, 4.69) is 34.3 Å². The van der Waals surface area contributed by atoms with Gasteiger partial charge in [0, 0.05) is 31.0 Å². The highest BCUT2D eigenvalue weighted by molar-refractivity contribution is 7.90. The summed E-state index contributed by atoms with van der Waals surface area (Å²) in [5, 5.41) is 7.15. The SMILES string of the molecule is CN1c2ccc(-c3[nH]ncc3Oc3ccc(S(C)(=O)=O)cc3)cc2CCC12CO2. The van der Waals surface area contributed by atoms with Gasteiger partial charge in [-0.3, -0.25) is 5.10 Å². The number of nitrogens with one attached hydrogen (secondary N) is 1. The Hall–Kier alpha value is -2.84. The normalized spacial score (nSPS) is 20.6. The van der Waals surface area contributed by atoms with Crippen LogP contribution in [-0.4, -0.2) is 44.3 Å². The summed E-state index contributed by atoms with van der Waals surface area (Å²) in [5.74, 6) is 1.13. The lowest BCUT2D eigenvalue weighted by Crippen LogP contribution is -2.39. The van der Waals surface area contributed by atoms with Crippen LogP contribution in [-0.2, 0) is 21.0 Å². The summed E-state index contributed by atoms with van der Waals surface area (Å²) in [6, 6.07) is 12.7. The van der Waals surface area contributed by atoms with E-state index in [4.69, 9.17) is 9.47 Å². The Balaban J connectivity index is 1.42. The summed E-state index contributed by atoms with van der Waals surface area (Å²) < 4.78 is 34.9. The Kier molecular flexibility index (Phi) is 3.97. The van der Waals surface area contributed by atoms with Crippen molar-refractivity contribution in [2.24, 2.45) is 0 Å². The number of H-pyrrole nitrogens is 1. The first-order chi connectivity index (χ1) is 13.9. The Bertz CT molecular complexity index is 1180. The third kappa shape index (κ3) is 3.18. The third-order valence-electron chi connectivity index (χ3n) is 5.69. The monoisotopic (exact) mass is 411 g/mol. The smallest absolute Gasteiger partial charge is 0.175 e. The van der Waals surface area contributed by atoms with Crippen molar-refractivity contribution in [2.75, 3.05) is 24.8 Å². The number of anilines is 1. The fourth-order valence-corrected chi connectivity index (χ4v) is 4.48. The van der Waals surface area contributed by atoms with Crippen LogP contribution in [0.15, 0.2) is 53.6 Å². The number of aryl methyl sites for hydroxylation is 1. The molecule has 8 heteroatoms. The average Bonchev–Trinajstić information content (AvgIpc) is 3.34. The van der Waals surface area contributed by atoms with E-state index in [-0.39, 0.29) is 10.6 Å². The van der Waals surface area contributed by atoms with Gasteiger partial charge in [-0.2, -0.15) is 5.10 Å². The average molecular weight is 411 g/mol. The number of fused-ring (bicyclic) bond motifs is 1. The van der Waals surface area contributed by atoms with E-state index in [1.165, 1.54) is 29.6 Å². The molecule has 2 aliphatic heterocycles. The van der Waals surface area contributed by atoms with E-state index in [9.17, 15) is 8.42 Å². The van der Waals surface area contributed by atoms with Crippen molar-refractivity contribution in [3.8, 4) is 22.8 Å². The summed E-state index contributed by atoms with van der Waals surface area (Å²) in [7, 11) is -1.16. The highest BCUT2D eigenvalue weighted by Crippen LogP contribution is 2.45. The number of rotatable bonds is 4. The van der Waals surface area contributed by atoms with Gasteiger partial charge in [0.25, 0.3) is 0 Å². The summed E-state index contributed by atoms with van der Waals surface area (Å²) in [6.07, 6.45) is 4.75. The maximum Gasteiger partial charge on any atom is 0.175 e. The van der Waals surface area contributed by atoms with E-state index < -0.39 is 9.84 Å². The maximum absolute atomic E-state index is 11.6. The number of benzene rings is 2. The molecule has 0 bridgehead atoms. The largest absolute Gasteiger partial charge is 0.453 e. The number of nitrogens with zero attached hydrogens (tertiary/aromatic N) is 2. The minimum absolute atomic E-state index is 0.102. The van der Waals surface area contributed by atoms with E-state index in [0.29, 0.717) is 11.5 Å². The van der Waals surface area contributed by atoms with Gasteiger partial charge in [-0.05, 0) is 48.4 Å². The van der Waals surface area contributed by atoms with E-state index in [1.54, 1.807) is 18.3 Å². The molecular weight excluding hydrogens is 390 g/mol. The van der Waals surface area contributed by atoms with Crippen molar-refractivity contribution >= 4 is 15.5 Å². The van der Waals surface area contributed by atoms with Gasteiger partial charge in [0.1, 0.15) is 11.4 Å². The van der Waals surface area contributed by atoms with Gasteiger partial charge in [0.05, 0.1) is 17.7 Å². The molecule has 1 aromatic heterocycles. The van der Waals surface area contributed by atoms with Crippen molar-refractivity contribution in [1.82, 2.24) is 10.2 Å². The topological polar surface area (TPSA) is 87.8 Å². The molecule has 0 amide bonds. The Morgan fingerprint density at radius 2 is 1.97 bits per heavy atom. The van der Waals surface area contributed by atoms with Gasteiger partial charge < -0.3 is 14.4 Å². The number of hydrogen-bond donors (Lipinski definition) is 1. The highest BCUT2D eigenvalue weighted by Gasteiger charge is 2.50. The molecule has 3 heterocycles. The number of aromatic amines is 1. The lowest BCUT2D eigenvalue weighted by molar-refractivity contribution is 0.279. The van der Waals surface area contributed by atoms with Gasteiger partial charge in [0.15, 0.2) is 21.3 Å². The summed E-state index contributed by atoms with van der Waals surface area (Å²) in [6.45, 7) is 0.793. The third-order valence-corrected chi connectivity index (χ3v) is 6.82. The second-order valence-corrected chi connectivity index (χ2v) is 9.61. The molecular formula is C21H21N3O4S. The Morgan fingerprint density at radius 1 is 1.21 bits per heavy atom. The van der Waals surface area contributed by atoms with Crippen LogP contribution in [0.2, 0.25) is 0 Å². The first-order valence-corrected chi connectivity index (χ1v) is 11.3. The van der Waals surface area contributed by atoms with Crippen molar-refractivity contribution < 1.29 is 17.9 Å². The minimum atomic E-state index is -3.24. The molecule has 7 nitrogen and oxygen atoms in total.